The Morgan fingerprint density at radius 1 is 0.857 bits per heavy atom. The normalized spacial score (nSPS) is 12.0. The van der Waals surface area contributed by atoms with Crippen molar-refractivity contribution in [1.29, 1.82) is 0 Å². The van der Waals surface area contributed by atoms with Crippen molar-refractivity contribution in [2.45, 2.75) is 19.9 Å². The monoisotopic (exact) mass is 285 g/mol. The molecule has 112 valence electrons. The average Bonchev–Trinajstić information content (AvgIpc) is 2.52. The standard InChI is InChI=1S/C18H23NO2/c1-13(2)18(14-8-6-5-7-9-14)19-15-10-11-16(20-3)17(12-15)21-4/h5-13,18-19H,1-4H3. The predicted molar refractivity (Wildman–Crippen MR) is 87.2 cm³/mol. The predicted octanol–water partition coefficient (Wildman–Crippen LogP) is 4.51. The minimum Gasteiger partial charge on any atom is -0.493 e. The van der Waals surface area contributed by atoms with Crippen LogP contribution in [0.4, 0.5) is 5.69 Å². The number of methoxy groups -OCH3 is 2. The van der Waals surface area contributed by atoms with Gasteiger partial charge in [-0.2, -0.15) is 0 Å². The van der Waals surface area contributed by atoms with Crippen molar-refractivity contribution in [3.05, 3.63) is 54.1 Å². The van der Waals surface area contributed by atoms with E-state index in [2.05, 4.69) is 43.4 Å². The first-order chi connectivity index (χ1) is 10.2. The number of ether oxygens (including phenoxy) is 2. The van der Waals surface area contributed by atoms with Gasteiger partial charge in [-0.1, -0.05) is 44.2 Å². The van der Waals surface area contributed by atoms with Crippen molar-refractivity contribution in [2.24, 2.45) is 5.92 Å². The molecule has 0 spiro atoms. The highest BCUT2D eigenvalue weighted by Gasteiger charge is 2.16. The SMILES string of the molecule is COc1ccc(NC(c2ccccc2)C(C)C)cc1OC. The summed E-state index contributed by atoms with van der Waals surface area (Å²) in [5.41, 5.74) is 2.30. The van der Waals surface area contributed by atoms with Crippen LogP contribution in [0.25, 0.3) is 0 Å². The van der Waals surface area contributed by atoms with E-state index in [9.17, 15) is 0 Å². The Labute approximate surface area is 126 Å². The van der Waals surface area contributed by atoms with Crippen LogP contribution in [0.15, 0.2) is 48.5 Å². The van der Waals surface area contributed by atoms with Crippen LogP contribution in [0.1, 0.15) is 25.5 Å². The molecule has 1 unspecified atom stereocenters. The molecule has 0 aliphatic rings. The first kappa shape index (κ1) is 15.2. The third kappa shape index (κ3) is 3.69. The van der Waals surface area contributed by atoms with E-state index in [0.29, 0.717) is 5.92 Å². The van der Waals surface area contributed by atoms with Crippen molar-refractivity contribution >= 4 is 5.69 Å². The highest BCUT2D eigenvalue weighted by atomic mass is 16.5. The van der Waals surface area contributed by atoms with Gasteiger partial charge in [-0.05, 0) is 23.6 Å². The van der Waals surface area contributed by atoms with Crippen LogP contribution in [-0.2, 0) is 0 Å². The first-order valence-corrected chi connectivity index (χ1v) is 7.19. The maximum Gasteiger partial charge on any atom is 0.162 e. The number of hydrogen-bond acceptors (Lipinski definition) is 3. The molecule has 2 aromatic rings. The van der Waals surface area contributed by atoms with Crippen LogP contribution in [0.3, 0.4) is 0 Å². The number of hydrogen-bond donors (Lipinski definition) is 1. The van der Waals surface area contributed by atoms with E-state index in [-0.39, 0.29) is 6.04 Å². The summed E-state index contributed by atoms with van der Waals surface area (Å²) in [5.74, 6) is 1.95. The average molecular weight is 285 g/mol. The van der Waals surface area contributed by atoms with Gasteiger partial charge in [0, 0.05) is 11.8 Å². The van der Waals surface area contributed by atoms with E-state index in [1.807, 2.05) is 24.3 Å². The molecule has 2 aromatic carbocycles. The minimum atomic E-state index is 0.254. The molecule has 1 atom stereocenters. The molecule has 0 aliphatic carbocycles. The Bertz CT molecular complexity index is 567. The molecular weight excluding hydrogens is 262 g/mol. The van der Waals surface area contributed by atoms with Crippen LogP contribution in [0.2, 0.25) is 0 Å². The van der Waals surface area contributed by atoms with Gasteiger partial charge in [0.15, 0.2) is 11.5 Å². The van der Waals surface area contributed by atoms with Crippen molar-refractivity contribution in [2.75, 3.05) is 19.5 Å². The molecule has 3 nitrogen and oxygen atoms in total. The number of nitrogens with one attached hydrogen (secondary N) is 1. The summed E-state index contributed by atoms with van der Waals surface area (Å²) in [5, 5.41) is 3.59. The smallest absolute Gasteiger partial charge is 0.162 e. The third-order valence-corrected chi connectivity index (χ3v) is 3.53. The molecule has 0 heterocycles. The molecule has 0 radical (unpaired) electrons. The zero-order valence-electron chi connectivity index (χ0n) is 13.1. The molecule has 1 N–H and O–H groups in total. The quantitative estimate of drug-likeness (QED) is 0.847. The lowest BCUT2D eigenvalue weighted by molar-refractivity contribution is 0.355. The second-order valence-electron chi connectivity index (χ2n) is 5.35. The van der Waals surface area contributed by atoms with Gasteiger partial charge in [0.1, 0.15) is 0 Å². The van der Waals surface area contributed by atoms with Crippen LogP contribution in [0, 0.1) is 5.92 Å². The van der Waals surface area contributed by atoms with E-state index in [4.69, 9.17) is 9.47 Å². The fourth-order valence-corrected chi connectivity index (χ4v) is 2.40. The maximum absolute atomic E-state index is 5.36. The van der Waals surface area contributed by atoms with Gasteiger partial charge in [-0.15, -0.1) is 0 Å². The number of anilines is 1. The molecule has 3 heteroatoms. The first-order valence-electron chi connectivity index (χ1n) is 7.19. The summed E-state index contributed by atoms with van der Waals surface area (Å²) >= 11 is 0. The number of benzene rings is 2. The fourth-order valence-electron chi connectivity index (χ4n) is 2.40. The van der Waals surface area contributed by atoms with Crippen LogP contribution < -0.4 is 14.8 Å². The maximum atomic E-state index is 5.36. The largest absolute Gasteiger partial charge is 0.493 e. The summed E-state index contributed by atoms with van der Waals surface area (Å²) in [7, 11) is 3.30. The van der Waals surface area contributed by atoms with Gasteiger partial charge < -0.3 is 14.8 Å². The molecule has 0 aromatic heterocycles. The summed E-state index contributed by atoms with van der Waals surface area (Å²) in [4.78, 5) is 0. The molecule has 0 bridgehead atoms. The van der Waals surface area contributed by atoms with E-state index >= 15 is 0 Å². The second kappa shape index (κ2) is 7.02. The summed E-state index contributed by atoms with van der Waals surface area (Å²) in [6, 6.07) is 16.6. The highest BCUT2D eigenvalue weighted by molar-refractivity contribution is 5.55. The van der Waals surface area contributed by atoms with Gasteiger partial charge in [0.05, 0.1) is 20.3 Å². The van der Waals surface area contributed by atoms with Crippen LogP contribution >= 0.6 is 0 Å². The molecule has 21 heavy (non-hydrogen) atoms. The third-order valence-electron chi connectivity index (χ3n) is 3.53. The Morgan fingerprint density at radius 2 is 1.52 bits per heavy atom. The molecule has 0 saturated heterocycles. The molecule has 0 fully saturated rings. The van der Waals surface area contributed by atoms with Crippen molar-refractivity contribution < 1.29 is 9.47 Å². The van der Waals surface area contributed by atoms with Gasteiger partial charge in [-0.25, -0.2) is 0 Å². The second-order valence-corrected chi connectivity index (χ2v) is 5.35. The molecule has 0 aliphatic heterocycles. The summed E-state index contributed by atoms with van der Waals surface area (Å²) in [6.45, 7) is 4.43. The minimum absolute atomic E-state index is 0.254. The van der Waals surface area contributed by atoms with E-state index in [1.54, 1.807) is 14.2 Å². The lowest BCUT2D eigenvalue weighted by atomic mass is 9.96. The zero-order valence-corrected chi connectivity index (χ0v) is 13.1. The van der Waals surface area contributed by atoms with E-state index < -0.39 is 0 Å². The zero-order chi connectivity index (χ0) is 15.2. The molecule has 0 saturated carbocycles. The fraction of sp³-hybridized carbons (Fsp3) is 0.333. The lowest BCUT2D eigenvalue weighted by Crippen LogP contribution is -2.16. The van der Waals surface area contributed by atoms with Crippen LogP contribution in [0.5, 0.6) is 11.5 Å². The number of rotatable bonds is 6. The van der Waals surface area contributed by atoms with Gasteiger partial charge >= 0.3 is 0 Å². The Hall–Kier alpha value is -2.16. The topological polar surface area (TPSA) is 30.5 Å². The molecular formula is C18H23NO2. The van der Waals surface area contributed by atoms with Crippen LogP contribution in [-0.4, -0.2) is 14.2 Å². The van der Waals surface area contributed by atoms with Gasteiger partial charge in [0.25, 0.3) is 0 Å². The molecule has 2 rings (SSSR count). The Morgan fingerprint density at radius 3 is 2.10 bits per heavy atom. The van der Waals surface area contributed by atoms with Gasteiger partial charge in [0.2, 0.25) is 0 Å². The van der Waals surface area contributed by atoms with E-state index in [1.165, 1.54) is 5.56 Å². The highest BCUT2D eigenvalue weighted by Crippen LogP contribution is 2.33. The van der Waals surface area contributed by atoms with E-state index in [0.717, 1.165) is 17.2 Å². The lowest BCUT2D eigenvalue weighted by Gasteiger charge is -2.24. The summed E-state index contributed by atoms with van der Waals surface area (Å²) < 4.78 is 10.6. The summed E-state index contributed by atoms with van der Waals surface area (Å²) in [6.07, 6.45) is 0. The Balaban J connectivity index is 2.25. The van der Waals surface area contributed by atoms with Gasteiger partial charge in [-0.3, -0.25) is 0 Å². The molecule has 0 amide bonds. The van der Waals surface area contributed by atoms with Crippen molar-refractivity contribution in [3.63, 3.8) is 0 Å². The Kier molecular flexibility index (Phi) is 5.09. The van der Waals surface area contributed by atoms with Crippen molar-refractivity contribution in [1.82, 2.24) is 0 Å². The van der Waals surface area contributed by atoms with Crippen molar-refractivity contribution in [3.8, 4) is 11.5 Å².